The van der Waals surface area contributed by atoms with Gasteiger partial charge in [0.05, 0.1) is 12.9 Å². The summed E-state index contributed by atoms with van der Waals surface area (Å²) in [5.74, 6) is 0.679. The Morgan fingerprint density at radius 1 is 1.35 bits per heavy atom. The van der Waals surface area contributed by atoms with Gasteiger partial charge in [-0.3, -0.25) is 4.79 Å². The largest absolute Gasteiger partial charge is 0.465 e. The number of imidazole rings is 1. The van der Waals surface area contributed by atoms with Crippen LogP contribution in [0, 0.1) is 0 Å². The Hall–Kier alpha value is -2.38. The highest BCUT2D eigenvalue weighted by atomic mass is 16.5. The molecule has 0 amide bonds. The molecule has 2 aromatic heterocycles. The van der Waals surface area contributed by atoms with E-state index in [4.69, 9.17) is 4.74 Å². The third kappa shape index (κ3) is 3.34. The number of nitrogens with one attached hydrogen (secondary N) is 3. The first kappa shape index (κ1) is 14.0. The smallest absolute Gasteiger partial charge is 0.325 e. The SMILES string of the molecule is CCCNc1nc(NCC(=O)OCC)c2[nH]cnc2n1. The molecule has 0 unspecified atom stereocenters. The van der Waals surface area contributed by atoms with Crippen molar-refractivity contribution in [3.8, 4) is 0 Å². The number of nitrogens with zero attached hydrogens (tertiary/aromatic N) is 3. The first-order valence-corrected chi connectivity index (χ1v) is 6.59. The summed E-state index contributed by atoms with van der Waals surface area (Å²) < 4.78 is 4.87. The van der Waals surface area contributed by atoms with Crippen LogP contribution in [0.1, 0.15) is 20.3 Å². The molecule has 0 radical (unpaired) electrons. The van der Waals surface area contributed by atoms with Gasteiger partial charge in [0, 0.05) is 6.54 Å². The van der Waals surface area contributed by atoms with E-state index in [1.54, 1.807) is 13.3 Å². The van der Waals surface area contributed by atoms with E-state index in [2.05, 4.69) is 37.5 Å². The van der Waals surface area contributed by atoms with Gasteiger partial charge in [0.2, 0.25) is 5.95 Å². The summed E-state index contributed by atoms with van der Waals surface area (Å²) in [6, 6.07) is 0. The molecule has 2 rings (SSSR count). The predicted octanol–water partition coefficient (Wildman–Crippen LogP) is 1.15. The summed E-state index contributed by atoms with van der Waals surface area (Å²) in [5, 5.41) is 6.04. The molecule has 108 valence electrons. The van der Waals surface area contributed by atoms with Gasteiger partial charge in [-0.1, -0.05) is 6.92 Å². The Bertz CT molecular complexity index is 582. The highest BCUT2D eigenvalue weighted by molar-refractivity contribution is 5.85. The Morgan fingerprint density at radius 2 is 2.20 bits per heavy atom. The van der Waals surface area contributed by atoms with Crippen LogP contribution in [0.3, 0.4) is 0 Å². The summed E-state index contributed by atoms with van der Waals surface area (Å²) in [7, 11) is 0. The Kier molecular flexibility index (Phi) is 4.70. The van der Waals surface area contributed by atoms with Crippen molar-refractivity contribution in [3.05, 3.63) is 6.33 Å². The van der Waals surface area contributed by atoms with E-state index in [1.165, 1.54) is 0 Å². The molecular weight excluding hydrogens is 260 g/mol. The number of hydrogen-bond acceptors (Lipinski definition) is 7. The van der Waals surface area contributed by atoms with Gasteiger partial charge in [-0.05, 0) is 13.3 Å². The fourth-order valence-electron chi connectivity index (χ4n) is 1.64. The lowest BCUT2D eigenvalue weighted by Gasteiger charge is -2.08. The van der Waals surface area contributed by atoms with Gasteiger partial charge >= 0.3 is 5.97 Å². The molecule has 0 aliphatic rings. The molecule has 0 bridgehead atoms. The van der Waals surface area contributed by atoms with Crippen LogP contribution in [0.4, 0.5) is 11.8 Å². The number of H-pyrrole nitrogens is 1. The number of esters is 1. The first-order chi connectivity index (χ1) is 9.74. The number of fused-ring (bicyclic) bond motifs is 1. The van der Waals surface area contributed by atoms with Crippen LogP contribution in [-0.2, 0) is 9.53 Å². The standard InChI is InChI=1S/C12H18N6O2/c1-3-5-13-12-17-10(14-6-8(19)20-4-2)9-11(18-12)16-7-15-9/h7H,3-6H2,1-2H3,(H3,13,14,15,16,17,18). The maximum Gasteiger partial charge on any atom is 0.325 e. The van der Waals surface area contributed by atoms with Gasteiger partial charge in [-0.15, -0.1) is 0 Å². The minimum absolute atomic E-state index is 0.0478. The number of aromatic nitrogens is 4. The lowest BCUT2D eigenvalue weighted by Crippen LogP contribution is -2.18. The van der Waals surface area contributed by atoms with E-state index < -0.39 is 0 Å². The van der Waals surface area contributed by atoms with Gasteiger partial charge in [-0.2, -0.15) is 9.97 Å². The Labute approximate surface area is 116 Å². The van der Waals surface area contributed by atoms with E-state index in [9.17, 15) is 4.79 Å². The highest BCUT2D eigenvalue weighted by Crippen LogP contribution is 2.18. The second-order valence-corrected chi connectivity index (χ2v) is 4.08. The summed E-state index contributed by atoms with van der Waals surface area (Å²) in [6.45, 7) is 4.99. The molecular formula is C12H18N6O2. The van der Waals surface area contributed by atoms with Crippen LogP contribution in [0.15, 0.2) is 6.33 Å². The fourth-order valence-corrected chi connectivity index (χ4v) is 1.64. The van der Waals surface area contributed by atoms with Crippen molar-refractivity contribution in [2.24, 2.45) is 0 Å². The summed E-state index contributed by atoms with van der Waals surface area (Å²) >= 11 is 0. The van der Waals surface area contributed by atoms with E-state index in [0.29, 0.717) is 29.5 Å². The van der Waals surface area contributed by atoms with Crippen molar-refractivity contribution >= 4 is 28.9 Å². The van der Waals surface area contributed by atoms with E-state index in [1.807, 2.05) is 0 Å². The van der Waals surface area contributed by atoms with E-state index >= 15 is 0 Å². The normalized spacial score (nSPS) is 10.5. The number of hydrogen-bond donors (Lipinski definition) is 3. The van der Waals surface area contributed by atoms with E-state index in [0.717, 1.165) is 13.0 Å². The molecule has 0 aromatic carbocycles. The highest BCUT2D eigenvalue weighted by Gasteiger charge is 2.11. The molecule has 0 spiro atoms. The minimum atomic E-state index is -0.332. The Morgan fingerprint density at radius 3 is 2.95 bits per heavy atom. The maximum atomic E-state index is 11.4. The third-order valence-corrected chi connectivity index (χ3v) is 2.52. The Balaban J connectivity index is 2.16. The summed E-state index contributed by atoms with van der Waals surface area (Å²) in [5.41, 5.74) is 1.21. The second kappa shape index (κ2) is 6.69. The lowest BCUT2D eigenvalue weighted by molar-refractivity contribution is -0.140. The van der Waals surface area contributed by atoms with Gasteiger partial charge in [0.25, 0.3) is 0 Å². The molecule has 2 heterocycles. The number of ether oxygens (including phenoxy) is 1. The van der Waals surface area contributed by atoms with Gasteiger partial charge in [0.15, 0.2) is 11.5 Å². The van der Waals surface area contributed by atoms with Crippen LogP contribution < -0.4 is 10.6 Å². The van der Waals surface area contributed by atoms with Crippen molar-refractivity contribution in [1.82, 2.24) is 19.9 Å². The van der Waals surface area contributed by atoms with Gasteiger partial charge < -0.3 is 20.4 Å². The molecule has 0 saturated carbocycles. The van der Waals surface area contributed by atoms with Crippen LogP contribution in [0.25, 0.3) is 11.2 Å². The minimum Gasteiger partial charge on any atom is -0.465 e. The van der Waals surface area contributed by atoms with Crippen molar-refractivity contribution in [1.29, 1.82) is 0 Å². The van der Waals surface area contributed by atoms with E-state index in [-0.39, 0.29) is 12.5 Å². The van der Waals surface area contributed by atoms with Crippen molar-refractivity contribution in [2.75, 3.05) is 30.3 Å². The average Bonchev–Trinajstić information content (AvgIpc) is 2.91. The van der Waals surface area contributed by atoms with Crippen LogP contribution in [-0.4, -0.2) is 45.6 Å². The monoisotopic (exact) mass is 278 g/mol. The first-order valence-electron chi connectivity index (χ1n) is 6.59. The fraction of sp³-hybridized carbons (Fsp3) is 0.500. The molecule has 3 N–H and O–H groups in total. The average molecular weight is 278 g/mol. The molecule has 0 aliphatic heterocycles. The van der Waals surface area contributed by atoms with Crippen LogP contribution in [0.2, 0.25) is 0 Å². The molecule has 0 saturated heterocycles. The lowest BCUT2D eigenvalue weighted by atomic mass is 10.4. The predicted molar refractivity (Wildman–Crippen MR) is 75.6 cm³/mol. The summed E-state index contributed by atoms with van der Waals surface area (Å²) in [6.07, 6.45) is 2.51. The topological polar surface area (TPSA) is 105 Å². The molecule has 8 heteroatoms. The molecule has 0 aliphatic carbocycles. The number of carbonyl (C=O) groups excluding carboxylic acids is 1. The molecule has 2 aromatic rings. The van der Waals surface area contributed by atoms with Crippen molar-refractivity contribution in [2.45, 2.75) is 20.3 Å². The second-order valence-electron chi connectivity index (χ2n) is 4.08. The van der Waals surface area contributed by atoms with Crippen LogP contribution in [0.5, 0.6) is 0 Å². The van der Waals surface area contributed by atoms with Crippen molar-refractivity contribution < 1.29 is 9.53 Å². The van der Waals surface area contributed by atoms with Gasteiger partial charge in [-0.25, -0.2) is 4.98 Å². The zero-order chi connectivity index (χ0) is 14.4. The molecule has 20 heavy (non-hydrogen) atoms. The van der Waals surface area contributed by atoms with Gasteiger partial charge in [0.1, 0.15) is 12.1 Å². The summed E-state index contributed by atoms with van der Waals surface area (Å²) in [4.78, 5) is 27.0. The molecule has 0 fully saturated rings. The molecule has 8 nitrogen and oxygen atoms in total. The zero-order valence-electron chi connectivity index (χ0n) is 11.6. The van der Waals surface area contributed by atoms with Crippen LogP contribution >= 0.6 is 0 Å². The third-order valence-electron chi connectivity index (χ3n) is 2.52. The molecule has 0 atom stereocenters. The van der Waals surface area contributed by atoms with Crippen molar-refractivity contribution in [3.63, 3.8) is 0 Å². The zero-order valence-corrected chi connectivity index (χ0v) is 11.6. The quantitative estimate of drug-likeness (QED) is 0.652. The maximum absolute atomic E-state index is 11.4. The number of rotatable bonds is 7. The number of anilines is 2. The number of aromatic amines is 1. The number of carbonyl (C=O) groups is 1.